The van der Waals surface area contributed by atoms with Crippen LogP contribution in [0.3, 0.4) is 0 Å². The molecule has 1 fully saturated rings. The van der Waals surface area contributed by atoms with E-state index in [9.17, 15) is 0 Å². The van der Waals surface area contributed by atoms with Crippen molar-refractivity contribution >= 4 is 16.3 Å². The molecule has 4 nitrogen and oxygen atoms in total. The fourth-order valence-corrected chi connectivity index (χ4v) is 2.81. The molecule has 0 spiro atoms. The summed E-state index contributed by atoms with van der Waals surface area (Å²) in [5.74, 6) is 6.48. The molecule has 1 aliphatic rings. The highest BCUT2D eigenvalue weighted by atomic mass is 32.1. The summed E-state index contributed by atoms with van der Waals surface area (Å²) in [4.78, 5) is 5.64. The molecule has 0 bridgehead atoms. The average molecular weight is 236 g/mol. The van der Waals surface area contributed by atoms with Gasteiger partial charge < -0.3 is 0 Å². The molecule has 0 amide bonds. The second-order valence-corrected chi connectivity index (χ2v) is 5.44. The van der Waals surface area contributed by atoms with Crippen molar-refractivity contribution in [2.45, 2.75) is 31.7 Å². The topological polar surface area (TPSA) is 55.3 Å². The Labute approximate surface area is 98.5 Å². The Morgan fingerprint density at radius 1 is 1.62 bits per heavy atom. The van der Waals surface area contributed by atoms with Crippen LogP contribution in [0.4, 0.5) is 0 Å². The first kappa shape index (κ1) is 10.3. The summed E-state index contributed by atoms with van der Waals surface area (Å²) in [6.07, 6.45) is 9.00. The van der Waals surface area contributed by atoms with E-state index < -0.39 is 0 Å². The van der Waals surface area contributed by atoms with Crippen LogP contribution in [-0.4, -0.2) is 15.4 Å². The minimum Gasteiger partial charge on any atom is -0.297 e. The minimum atomic E-state index is 0.372. The lowest BCUT2D eigenvalue weighted by Crippen LogP contribution is -2.37. The predicted octanol–water partition coefficient (Wildman–Crippen LogP) is 1.57. The summed E-state index contributed by atoms with van der Waals surface area (Å²) in [6, 6.07) is 0.372. The van der Waals surface area contributed by atoms with Gasteiger partial charge in [0.15, 0.2) is 4.96 Å². The summed E-state index contributed by atoms with van der Waals surface area (Å²) in [5, 5.41) is 2.05. The fourth-order valence-electron chi connectivity index (χ4n) is 2.09. The molecule has 86 valence electrons. The van der Waals surface area contributed by atoms with E-state index in [1.165, 1.54) is 19.3 Å². The fraction of sp³-hybridized carbons (Fsp3) is 0.545. The number of rotatable bonds is 5. The van der Waals surface area contributed by atoms with Gasteiger partial charge in [-0.1, -0.05) is 12.8 Å². The lowest BCUT2D eigenvalue weighted by Gasteiger charge is -2.13. The van der Waals surface area contributed by atoms with Crippen LogP contribution in [0.2, 0.25) is 0 Å². The van der Waals surface area contributed by atoms with Crippen molar-refractivity contribution in [1.82, 2.24) is 14.8 Å². The summed E-state index contributed by atoms with van der Waals surface area (Å²) in [5.41, 5.74) is 4.05. The molecular weight excluding hydrogens is 220 g/mol. The highest BCUT2D eigenvalue weighted by Crippen LogP contribution is 2.33. The van der Waals surface area contributed by atoms with Crippen LogP contribution < -0.4 is 11.3 Å². The molecule has 3 N–H and O–H groups in total. The van der Waals surface area contributed by atoms with Crippen molar-refractivity contribution < 1.29 is 0 Å². The molecule has 16 heavy (non-hydrogen) atoms. The number of nitrogens with two attached hydrogens (primary N) is 1. The first-order chi connectivity index (χ1) is 7.85. The lowest BCUT2D eigenvalue weighted by molar-refractivity contribution is 0.463. The number of thiazole rings is 1. The Kier molecular flexibility index (Phi) is 2.67. The van der Waals surface area contributed by atoms with Gasteiger partial charge in [0.1, 0.15) is 0 Å². The van der Waals surface area contributed by atoms with Crippen molar-refractivity contribution in [1.29, 1.82) is 0 Å². The third-order valence-corrected chi connectivity index (χ3v) is 3.92. The number of nitrogens with zero attached hydrogens (tertiary/aromatic N) is 2. The predicted molar refractivity (Wildman–Crippen MR) is 65.2 cm³/mol. The van der Waals surface area contributed by atoms with E-state index in [-0.39, 0.29) is 0 Å². The molecular formula is C11H16N4S. The maximum atomic E-state index is 5.58. The van der Waals surface area contributed by atoms with Crippen molar-refractivity contribution in [2.75, 3.05) is 0 Å². The molecule has 5 heteroatoms. The molecule has 1 unspecified atom stereocenters. The van der Waals surface area contributed by atoms with Crippen LogP contribution in [0, 0.1) is 5.92 Å². The van der Waals surface area contributed by atoms with E-state index in [0.717, 1.165) is 23.0 Å². The SMILES string of the molecule is NNC(Cc1cn2ccsc2n1)CC1CC1. The number of hydrogen-bond donors (Lipinski definition) is 2. The van der Waals surface area contributed by atoms with Gasteiger partial charge in [0.2, 0.25) is 0 Å². The van der Waals surface area contributed by atoms with Gasteiger partial charge in [0, 0.05) is 30.2 Å². The minimum absolute atomic E-state index is 0.372. The quantitative estimate of drug-likeness (QED) is 0.612. The third kappa shape index (κ3) is 2.11. The van der Waals surface area contributed by atoms with Crippen molar-refractivity contribution in [3.63, 3.8) is 0 Å². The molecule has 1 aliphatic carbocycles. The Hall–Kier alpha value is -0.910. The average Bonchev–Trinajstić information content (AvgIpc) is 2.83. The molecule has 1 atom stereocenters. The number of fused-ring (bicyclic) bond motifs is 1. The zero-order chi connectivity index (χ0) is 11.0. The first-order valence-corrected chi connectivity index (χ1v) is 6.60. The summed E-state index contributed by atoms with van der Waals surface area (Å²) in [6.45, 7) is 0. The van der Waals surface area contributed by atoms with Gasteiger partial charge in [-0.05, 0) is 12.3 Å². The second-order valence-electron chi connectivity index (χ2n) is 4.57. The molecule has 0 saturated heterocycles. The summed E-state index contributed by atoms with van der Waals surface area (Å²) < 4.78 is 2.07. The van der Waals surface area contributed by atoms with Gasteiger partial charge in [0.05, 0.1) is 5.69 Å². The maximum absolute atomic E-state index is 5.58. The van der Waals surface area contributed by atoms with E-state index in [0.29, 0.717) is 6.04 Å². The maximum Gasteiger partial charge on any atom is 0.193 e. The molecule has 2 aromatic rings. The van der Waals surface area contributed by atoms with Crippen molar-refractivity contribution in [2.24, 2.45) is 11.8 Å². The van der Waals surface area contributed by atoms with Crippen LogP contribution in [0.25, 0.3) is 4.96 Å². The highest BCUT2D eigenvalue weighted by Gasteiger charge is 2.25. The summed E-state index contributed by atoms with van der Waals surface area (Å²) in [7, 11) is 0. The standard InChI is InChI=1S/C11H16N4S/c12-14-9(5-8-1-2-8)6-10-7-15-3-4-16-11(15)13-10/h3-4,7-9,14H,1-2,5-6,12H2. The molecule has 1 saturated carbocycles. The Morgan fingerprint density at radius 3 is 3.19 bits per heavy atom. The van der Waals surface area contributed by atoms with Gasteiger partial charge in [0.25, 0.3) is 0 Å². The van der Waals surface area contributed by atoms with E-state index in [4.69, 9.17) is 5.84 Å². The van der Waals surface area contributed by atoms with Gasteiger partial charge in [-0.2, -0.15) is 0 Å². The van der Waals surface area contributed by atoms with Crippen molar-refractivity contribution in [3.8, 4) is 0 Å². The zero-order valence-corrected chi connectivity index (χ0v) is 9.91. The lowest BCUT2D eigenvalue weighted by atomic mass is 10.1. The van der Waals surface area contributed by atoms with Gasteiger partial charge in [-0.15, -0.1) is 11.3 Å². The largest absolute Gasteiger partial charge is 0.297 e. The smallest absolute Gasteiger partial charge is 0.193 e. The van der Waals surface area contributed by atoms with Gasteiger partial charge in [-0.25, -0.2) is 4.98 Å². The van der Waals surface area contributed by atoms with Crippen LogP contribution >= 0.6 is 11.3 Å². The Morgan fingerprint density at radius 2 is 2.50 bits per heavy atom. The second kappa shape index (κ2) is 4.16. The van der Waals surface area contributed by atoms with Crippen LogP contribution in [0.15, 0.2) is 17.8 Å². The monoisotopic (exact) mass is 236 g/mol. The van der Waals surface area contributed by atoms with E-state index in [1.54, 1.807) is 11.3 Å². The Balaban J connectivity index is 1.69. The molecule has 2 heterocycles. The Bertz CT molecular complexity index is 442. The van der Waals surface area contributed by atoms with Crippen LogP contribution in [-0.2, 0) is 6.42 Å². The summed E-state index contributed by atoms with van der Waals surface area (Å²) >= 11 is 1.67. The van der Waals surface area contributed by atoms with Crippen molar-refractivity contribution in [3.05, 3.63) is 23.5 Å². The van der Waals surface area contributed by atoms with E-state index >= 15 is 0 Å². The third-order valence-electron chi connectivity index (χ3n) is 3.15. The van der Waals surface area contributed by atoms with Crippen LogP contribution in [0.5, 0.6) is 0 Å². The van der Waals surface area contributed by atoms with E-state index in [2.05, 4.69) is 26.4 Å². The molecule has 0 aliphatic heterocycles. The molecule has 0 radical (unpaired) electrons. The van der Waals surface area contributed by atoms with E-state index in [1.807, 2.05) is 6.20 Å². The first-order valence-electron chi connectivity index (χ1n) is 5.72. The number of nitrogens with one attached hydrogen (secondary N) is 1. The normalized spacial score (nSPS) is 18.1. The number of hydrazine groups is 1. The number of hydrogen-bond acceptors (Lipinski definition) is 4. The molecule has 3 rings (SSSR count). The van der Waals surface area contributed by atoms with Crippen LogP contribution in [0.1, 0.15) is 25.0 Å². The molecule has 2 aromatic heterocycles. The van der Waals surface area contributed by atoms with Gasteiger partial charge in [-0.3, -0.25) is 15.7 Å². The number of aromatic nitrogens is 2. The zero-order valence-electron chi connectivity index (χ0n) is 9.10. The molecule has 0 aromatic carbocycles. The number of imidazole rings is 1. The highest BCUT2D eigenvalue weighted by molar-refractivity contribution is 7.15. The van der Waals surface area contributed by atoms with Gasteiger partial charge >= 0.3 is 0 Å².